The number of nitrogens with zero attached hydrogens (tertiary/aromatic N) is 1. The van der Waals surface area contributed by atoms with Crippen molar-refractivity contribution in [2.45, 2.75) is 13.5 Å². The molecule has 0 saturated carbocycles. The van der Waals surface area contributed by atoms with Gasteiger partial charge < -0.3 is 10.3 Å². The Bertz CT molecular complexity index is 436. The van der Waals surface area contributed by atoms with Gasteiger partial charge in [-0.15, -0.1) is 0 Å². The molecule has 3 nitrogen and oxygen atoms in total. The second-order valence-electron chi connectivity index (χ2n) is 3.23. The van der Waals surface area contributed by atoms with E-state index in [4.69, 9.17) is 0 Å². The van der Waals surface area contributed by atoms with E-state index in [0.717, 1.165) is 28.9 Å². The molecule has 0 radical (unpaired) electrons. The summed E-state index contributed by atoms with van der Waals surface area (Å²) < 4.78 is 0. The number of hydrogen-bond acceptors (Lipinski definition) is 2. The highest BCUT2D eigenvalue weighted by atomic mass is 79.9. The van der Waals surface area contributed by atoms with Crippen molar-refractivity contribution >= 4 is 27.0 Å². The average Bonchev–Trinajstić information content (AvgIpc) is 2.54. The predicted octanol–water partition coefficient (Wildman–Crippen LogP) is 2.31. The molecular formula is C10H12BrN3. The zero-order valence-electron chi connectivity index (χ0n) is 7.97. The summed E-state index contributed by atoms with van der Waals surface area (Å²) in [5.41, 5.74) is 4.22. The molecule has 0 bridgehead atoms. The Morgan fingerprint density at radius 3 is 3.14 bits per heavy atom. The zero-order chi connectivity index (χ0) is 9.97. The molecule has 0 spiro atoms. The van der Waals surface area contributed by atoms with E-state index >= 15 is 0 Å². The molecule has 2 aromatic rings. The number of hydrogen-bond donors (Lipinski definition) is 2. The minimum atomic E-state index is 0.813. The van der Waals surface area contributed by atoms with Crippen LogP contribution in [0.2, 0.25) is 0 Å². The topological polar surface area (TPSA) is 40.7 Å². The molecule has 0 unspecified atom stereocenters. The largest absolute Gasteiger partial charge is 0.342 e. The van der Waals surface area contributed by atoms with Gasteiger partial charge in [-0.1, -0.05) is 22.0 Å². The fourth-order valence-electron chi connectivity index (χ4n) is 1.49. The Kier molecular flexibility index (Phi) is 2.84. The summed E-state index contributed by atoms with van der Waals surface area (Å²) >= 11 is 3.33. The van der Waals surface area contributed by atoms with Gasteiger partial charge in [0, 0.05) is 6.54 Å². The first-order chi connectivity index (χ1) is 6.79. The number of aromatic nitrogens is 2. The summed E-state index contributed by atoms with van der Waals surface area (Å²) in [6.45, 7) is 2.84. The Balaban J connectivity index is 2.31. The van der Waals surface area contributed by atoms with Crippen LogP contribution in [-0.4, -0.2) is 15.4 Å². The van der Waals surface area contributed by atoms with Crippen LogP contribution in [0.1, 0.15) is 11.4 Å². The maximum atomic E-state index is 4.35. The van der Waals surface area contributed by atoms with Gasteiger partial charge in [0.25, 0.3) is 0 Å². The maximum Gasteiger partial charge on any atom is 0.104 e. The van der Waals surface area contributed by atoms with Crippen LogP contribution in [0.15, 0.2) is 18.2 Å². The lowest BCUT2D eigenvalue weighted by atomic mass is 10.2. The van der Waals surface area contributed by atoms with Crippen LogP contribution in [0.25, 0.3) is 11.0 Å². The van der Waals surface area contributed by atoms with Crippen molar-refractivity contribution in [1.29, 1.82) is 0 Å². The number of aryl methyl sites for hydroxylation is 1. The first-order valence-corrected chi connectivity index (χ1v) is 5.63. The minimum absolute atomic E-state index is 0.813. The van der Waals surface area contributed by atoms with Crippen LogP contribution in [0.5, 0.6) is 0 Å². The number of imidazole rings is 1. The molecule has 0 aliphatic heterocycles. The van der Waals surface area contributed by atoms with E-state index in [1.165, 1.54) is 5.56 Å². The normalized spacial score (nSPS) is 11.0. The molecule has 0 atom stereocenters. The number of H-pyrrole nitrogens is 1. The molecule has 0 fully saturated rings. The van der Waals surface area contributed by atoms with Crippen molar-refractivity contribution in [3.63, 3.8) is 0 Å². The lowest BCUT2D eigenvalue weighted by molar-refractivity contribution is 0.803. The van der Waals surface area contributed by atoms with Crippen molar-refractivity contribution < 1.29 is 0 Å². The van der Waals surface area contributed by atoms with E-state index in [9.17, 15) is 0 Å². The summed E-state index contributed by atoms with van der Waals surface area (Å²) in [7, 11) is 0. The average molecular weight is 254 g/mol. The highest BCUT2D eigenvalue weighted by Gasteiger charge is 1.99. The molecule has 0 saturated heterocycles. The van der Waals surface area contributed by atoms with Gasteiger partial charge in [0.05, 0.1) is 16.5 Å². The molecule has 74 valence electrons. The molecule has 14 heavy (non-hydrogen) atoms. The minimum Gasteiger partial charge on any atom is -0.342 e. The second kappa shape index (κ2) is 4.11. The Morgan fingerprint density at radius 1 is 1.50 bits per heavy atom. The van der Waals surface area contributed by atoms with Gasteiger partial charge in [-0.2, -0.15) is 0 Å². The third-order valence-electron chi connectivity index (χ3n) is 2.09. The van der Waals surface area contributed by atoms with E-state index in [1.54, 1.807) is 0 Å². The van der Waals surface area contributed by atoms with Gasteiger partial charge in [-0.25, -0.2) is 4.98 Å². The summed E-state index contributed by atoms with van der Waals surface area (Å²) in [6.07, 6.45) is 0. The van der Waals surface area contributed by atoms with Gasteiger partial charge in [0.15, 0.2) is 0 Å². The fourth-order valence-corrected chi connectivity index (χ4v) is 1.68. The van der Waals surface area contributed by atoms with Crippen molar-refractivity contribution in [1.82, 2.24) is 15.3 Å². The lowest BCUT2D eigenvalue weighted by Gasteiger charge is -2.00. The third kappa shape index (κ3) is 1.96. The first-order valence-electron chi connectivity index (χ1n) is 4.51. The number of fused-ring (bicyclic) bond motifs is 1. The second-order valence-corrected chi connectivity index (χ2v) is 3.79. The summed E-state index contributed by atoms with van der Waals surface area (Å²) in [5.74, 6) is 0.964. The number of benzene rings is 1. The summed E-state index contributed by atoms with van der Waals surface area (Å²) in [4.78, 5) is 7.57. The lowest BCUT2D eigenvalue weighted by Crippen LogP contribution is -2.09. The Morgan fingerprint density at radius 2 is 2.36 bits per heavy atom. The van der Waals surface area contributed by atoms with E-state index in [0.29, 0.717) is 0 Å². The van der Waals surface area contributed by atoms with Gasteiger partial charge in [-0.05, 0) is 24.6 Å². The molecule has 2 N–H and O–H groups in total. The van der Waals surface area contributed by atoms with Crippen LogP contribution in [0.3, 0.4) is 0 Å². The molecule has 4 heteroatoms. The van der Waals surface area contributed by atoms with E-state index in [2.05, 4.69) is 43.3 Å². The highest BCUT2D eigenvalue weighted by molar-refractivity contribution is 9.09. The summed E-state index contributed by atoms with van der Waals surface area (Å²) in [5, 5.41) is 3.22. The quantitative estimate of drug-likeness (QED) is 0.651. The van der Waals surface area contributed by atoms with Gasteiger partial charge in [-0.3, -0.25) is 0 Å². The molecule has 0 amide bonds. The number of aromatic amines is 1. The maximum absolute atomic E-state index is 4.35. The molecule has 1 aromatic carbocycles. The van der Waals surface area contributed by atoms with Crippen molar-refractivity contribution in [2.24, 2.45) is 0 Å². The molecule has 0 aliphatic carbocycles. The number of halogens is 1. The van der Waals surface area contributed by atoms with Gasteiger partial charge in [0.1, 0.15) is 5.82 Å². The smallest absolute Gasteiger partial charge is 0.104 e. The van der Waals surface area contributed by atoms with Crippen LogP contribution < -0.4 is 5.32 Å². The molecule has 1 heterocycles. The van der Waals surface area contributed by atoms with E-state index in [-0.39, 0.29) is 0 Å². The zero-order valence-corrected chi connectivity index (χ0v) is 9.56. The van der Waals surface area contributed by atoms with Crippen LogP contribution >= 0.6 is 15.9 Å². The molecule has 2 rings (SSSR count). The first kappa shape index (κ1) is 9.68. The predicted molar refractivity (Wildman–Crippen MR) is 61.5 cm³/mol. The van der Waals surface area contributed by atoms with Crippen LogP contribution in [0, 0.1) is 6.92 Å². The van der Waals surface area contributed by atoms with Crippen molar-refractivity contribution in [3.8, 4) is 0 Å². The number of nitrogens with one attached hydrogen (secondary N) is 2. The van der Waals surface area contributed by atoms with Crippen molar-refractivity contribution in [2.75, 3.05) is 5.45 Å². The standard InChI is InChI=1S/C10H12BrN3/c1-7-13-9-3-2-8(5-12-6-11)4-10(9)14-7/h2-4,12H,5-6H2,1H3,(H,13,14). The van der Waals surface area contributed by atoms with Crippen LogP contribution in [-0.2, 0) is 6.54 Å². The SMILES string of the molecule is Cc1nc2ccc(CNCBr)cc2[nH]1. The monoisotopic (exact) mass is 253 g/mol. The molecule has 1 aromatic heterocycles. The Hall–Kier alpha value is -0.870. The van der Waals surface area contributed by atoms with Gasteiger partial charge in [0.2, 0.25) is 0 Å². The van der Waals surface area contributed by atoms with E-state index in [1.807, 2.05) is 13.0 Å². The number of rotatable bonds is 3. The van der Waals surface area contributed by atoms with E-state index < -0.39 is 0 Å². The van der Waals surface area contributed by atoms with Crippen LogP contribution in [0.4, 0.5) is 0 Å². The van der Waals surface area contributed by atoms with Crippen molar-refractivity contribution in [3.05, 3.63) is 29.6 Å². The Labute approximate surface area is 91.1 Å². The third-order valence-corrected chi connectivity index (χ3v) is 2.48. The summed E-state index contributed by atoms with van der Waals surface area (Å²) in [6, 6.07) is 6.27. The molecular weight excluding hydrogens is 242 g/mol. The fraction of sp³-hybridized carbons (Fsp3) is 0.300. The van der Waals surface area contributed by atoms with Gasteiger partial charge >= 0.3 is 0 Å². The number of alkyl halides is 1. The highest BCUT2D eigenvalue weighted by Crippen LogP contribution is 2.13. The molecule has 0 aliphatic rings.